The van der Waals surface area contributed by atoms with Gasteiger partial charge in [0.2, 0.25) is 5.95 Å². The highest BCUT2D eigenvalue weighted by molar-refractivity contribution is 5.90. The van der Waals surface area contributed by atoms with Gasteiger partial charge < -0.3 is 10.6 Å². The second kappa shape index (κ2) is 9.23. The van der Waals surface area contributed by atoms with E-state index in [4.69, 9.17) is 0 Å². The number of imidazole rings is 1. The Bertz CT molecular complexity index is 1260. The molecule has 0 saturated heterocycles. The Hall–Kier alpha value is -3.66. The van der Waals surface area contributed by atoms with Crippen LogP contribution in [0.1, 0.15) is 0 Å². The van der Waals surface area contributed by atoms with Crippen LogP contribution in [0.3, 0.4) is 0 Å². The quantitative estimate of drug-likeness (QED) is 0.317. The summed E-state index contributed by atoms with van der Waals surface area (Å²) in [4.78, 5) is 19.6. The summed E-state index contributed by atoms with van der Waals surface area (Å²) in [7, 11) is 0. The lowest BCUT2D eigenvalue weighted by Gasteiger charge is -2.11. The minimum atomic E-state index is -4.49. The molecule has 0 atom stereocenters. The van der Waals surface area contributed by atoms with Crippen LogP contribution in [0, 0.1) is 5.95 Å². The van der Waals surface area contributed by atoms with E-state index in [1.807, 2.05) is 4.40 Å². The molecular formula is C21H16ClF4N5O. The molecule has 1 aromatic carbocycles. The lowest BCUT2D eigenvalue weighted by Crippen LogP contribution is -2.36. The van der Waals surface area contributed by atoms with E-state index in [0.29, 0.717) is 28.2 Å². The molecule has 3 heterocycles. The first-order chi connectivity index (χ1) is 14.8. The number of hydrogen-bond donors (Lipinski definition) is 2. The number of hydrogen-bond acceptors (Lipinski definition) is 3. The molecule has 0 saturated carbocycles. The standard InChI is InChI=1S/C21H15F4N5O.ClH/c22-18-9-13(4-6-26-18)14-5-7-30-17(11-27-19(30)10-14)15-2-1-3-16(8-15)29-20(31)28-12-21(23,24)25;/h1-11H,12H2,(H2,28,29,31);1H. The van der Waals surface area contributed by atoms with Gasteiger partial charge >= 0.3 is 12.2 Å². The number of carbonyl (C=O) groups excluding carboxylic acids is 1. The molecule has 0 fully saturated rings. The summed E-state index contributed by atoms with van der Waals surface area (Å²) < 4.78 is 51.9. The number of anilines is 1. The van der Waals surface area contributed by atoms with Crippen molar-refractivity contribution in [2.75, 3.05) is 11.9 Å². The normalized spacial score (nSPS) is 11.1. The molecule has 0 aliphatic carbocycles. The number of amides is 2. The Morgan fingerprint density at radius 1 is 1.00 bits per heavy atom. The Kier molecular flexibility index (Phi) is 6.64. The van der Waals surface area contributed by atoms with Crippen LogP contribution in [0.15, 0.2) is 67.1 Å². The second-order valence-electron chi connectivity index (χ2n) is 6.66. The SMILES string of the molecule is Cl.O=C(NCC(F)(F)F)Nc1cccc(-c2cnc3cc(-c4ccnc(F)c4)ccn23)c1. The van der Waals surface area contributed by atoms with Crippen molar-refractivity contribution >= 4 is 29.8 Å². The number of benzene rings is 1. The lowest BCUT2D eigenvalue weighted by molar-refractivity contribution is -0.122. The molecule has 166 valence electrons. The number of carbonyl (C=O) groups is 1. The first-order valence-corrected chi connectivity index (χ1v) is 9.09. The molecule has 0 radical (unpaired) electrons. The third kappa shape index (κ3) is 5.33. The van der Waals surface area contributed by atoms with Crippen molar-refractivity contribution in [3.63, 3.8) is 0 Å². The van der Waals surface area contributed by atoms with Gasteiger partial charge in [-0.1, -0.05) is 12.1 Å². The van der Waals surface area contributed by atoms with Gasteiger partial charge in [-0.05, 0) is 41.5 Å². The molecule has 11 heteroatoms. The fourth-order valence-corrected chi connectivity index (χ4v) is 3.07. The van der Waals surface area contributed by atoms with Gasteiger partial charge in [0, 0.05) is 29.7 Å². The summed E-state index contributed by atoms with van der Waals surface area (Å²) >= 11 is 0. The van der Waals surface area contributed by atoms with Gasteiger partial charge in [-0.3, -0.25) is 4.40 Å². The molecule has 3 aromatic heterocycles. The topological polar surface area (TPSA) is 71.3 Å². The lowest BCUT2D eigenvalue weighted by atomic mass is 10.1. The molecule has 4 aromatic rings. The number of fused-ring (bicyclic) bond motifs is 1. The van der Waals surface area contributed by atoms with Crippen molar-refractivity contribution in [2.24, 2.45) is 0 Å². The van der Waals surface area contributed by atoms with E-state index in [0.717, 1.165) is 5.56 Å². The molecule has 0 unspecified atom stereocenters. The Morgan fingerprint density at radius 2 is 1.78 bits per heavy atom. The van der Waals surface area contributed by atoms with E-state index in [-0.39, 0.29) is 12.4 Å². The number of nitrogens with one attached hydrogen (secondary N) is 2. The summed E-state index contributed by atoms with van der Waals surface area (Å²) in [5, 5.41) is 4.14. The van der Waals surface area contributed by atoms with Gasteiger partial charge in [0.1, 0.15) is 12.2 Å². The first-order valence-electron chi connectivity index (χ1n) is 9.09. The average Bonchev–Trinajstić information content (AvgIpc) is 3.15. The highest BCUT2D eigenvalue weighted by Gasteiger charge is 2.27. The Balaban J connectivity index is 0.00000289. The van der Waals surface area contributed by atoms with Gasteiger partial charge in [-0.25, -0.2) is 14.8 Å². The molecule has 2 N–H and O–H groups in total. The van der Waals surface area contributed by atoms with Crippen molar-refractivity contribution in [1.82, 2.24) is 19.7 Å². The van der Waals surface area contributed by atoms with Crippen LogP contribution in [0.4, 0.5) is 28.0 Å². The number of urea groups is 1. The smallest absolute Gasteiger partial charge is 0.329 e. The summed E-state index contributed by atoms with van der Waals surface area (Å²) in [6, 6.07) is 12.3. The zero-order valence-corrected chi connectivity index (χ0v) is 17.0. The van der Waals surface area contributed by atoms with Crippen molar-refractivity contribution in [1.29, 1.82) is 0 Å². The van der Waals surface area contributed by atoms with E-state index in [9.17, 15) is 22.4 Å². The molecule has 32 heavy (non-hydrogen) atoms. The fraction of sp³-hybridized carbons (Fsp3) is 0.0952. The van der Waals surface area contributed by atoms with E-state index in [2.05, 4.69) is 15.3 Å². The van der Waals surface area contributed by atoms with Crippen LogP contribution in [-0.4, -0.2) is 33.1 Å². The third-order valence-corrected chi connectivity index (χ3v) is 4.44. The van der Waals surface area contributed by atoms with E-state index in [1.54, 1.807) is 60.2 Å². The van der Waals surface area contributed by atoms with Gasteiger partial charge in [-0.2, -0.15) is 17.6 Å². The van der Waals surface area contributed by atoms with E-state index >= 15 is 0 Å². The summed E-state index contributed by atoms with van der Waals surface area (Å²) in [5.41, 5.74) is 3.78. The molecule has 4 rings (SSSR count). The van der Waals surface area contributed by atoms with Gasteiger partial charge in [0.15, 0.2) is 0 Å². The maximum absolute atomic E-state index is 13.4. The van der Waals surface area contributed by atoms with Crippen LogP contribution in [-0.2, 0) is 0 Å². The highest BCUT2D eigenvalue weighted by atomic mass is 35.5. The van der Waals surface area contributed by atoms with E-state index in [1.165, 1.54) is 12.3 Å². The van der Waals surface area contributed by atoms with Crippen LogP contribution >= 0.6 is 12.4 Å². The minimum absolute atomic E-state index is 0. The van der Waals surface area contributed by atoms with Crippen LogP contribution in [0.25, 0.3) is 28.0 Å². The number of aromatic nitrogens is 3. The molecule has 0 bridgehead atoms. The molecule has 0 aliphatic heterocycles. The summed E-state index contributed by atoms with van der Waals surface area (Å²) in [5.74, 6) is -0.579. The summed E-state index contributed by atoms with van der Waals surface area (Å²) in [6.45, 7) is -1.42. The largest absolute Gasteiger partial charge is 0.405 e. The molecule has 6 nitrogen and oxygen atoms in total. The molecule has 0 spiro atoms. The molecule has 2 amide bonds. The number of rotatable bonds is 4. The van der Waals surface area contributed by atoms with Gasteiger partial charge in [0.05, 0.1) is 11.9 Å². The Labute approximate surface area is 185 Å². The van der Waals surface area contributed by atoms with Crippen molar-refractivity contribution < 1.29 is 22.4 Å². The highest BCUT2D eigenvalue weighted by Crippen LogP contribution is 2.27. The zero-order valence-electron chi connectivity index (χ0n) is 16.2. The van der Waals surface area contributed by atoms with Gasteiger partial charge in [0.25, 0.3) is 0 Å². The van der Waals surface area contributed by atoms with Crippen molar-refractivity contribution in [2.45, 2.75) is 6.18 Å². The number of alkyl halides is 3. The van der Waals surface area contributed by atoms with Crippen molar-refractivity contribution in [3.8, 4) is 22.4 Å². The Morgan fingerprint density at radius 3 is 2.53 bits per heavy atom. The van der Waals surface area contributed by atoms with Crippen LogP contribution < -0.4 is 10.6 Å². The van der Waals surface area contributed by atoms with Gasteiger partial charge in [-0.15, -0.1) is 12.4 Å². The zero-order chi connectivity index (χ0) is 22.0. The molecule has 0 aliphatic rings. The predicted octanol–water partition coefficient (Wildman–Crippen LogP) is 5.31. The number of halogens is 5. The van der Waals surface area contributed by atoms with Crippen LogP contribution in [0.2, 0.25) is 0 Å². The summed E-state index contributed by atoms with van der Waals surface area (Å²) in [6.07, 6.45) is 0.308. The maximum atomic E-state index is 13.4. The minimum Gasteiger partial charge on any atom is -0.329 e. The molecular weight excluding hydrogens is 450 g/mol. The maximum Gasteiger partial charge on any atom is 0.405 e. The van der Waals surface area contributed by atoms with Crippen LogP contribution in [0.5, 0.6) is 0 Å². The second-order valence-corrected chi connectivity index (χ2v) is 6.66. The van der Waals surface area contributed by atoms with Crippen molar-refractivity contribution in [3.05, 3.63) is 73.1 Å². The number of nitrogens with zero attached hydrogens (tertiary/aromatic N) is 3. The van der Waals surface area contributed by atoms with E-state index < -0.39 is 24.7 Å². The first kappa shape index (κ1) is 23.0. The monoisotopic (exact) mass is 465 g/mol. The third-order valence-electron chi connectivity index (χ3n) is 4.44. The fourth-order valence-electron chi connectivity index (χ4n) is 3.07. The number of pyridine rings is 2. The predicted molar refractivity (Wildman–Crippen MR) is 114 cm³/mol. The average molecular weight is 466 g/mol.